The molecule has 2 rings (SSSR count). The van der Waals surface area contributed by atoms with Gasteiger partial charge in [0.05, 0.1) is 11.7 Å². The van der Waals surface area contributed by atoms with Crippen LogP contribution in [-0.2, 0) is 10.9 Å². The van der Waals surface area contributed by atoms with Crippen LogP contribution in [0.1, 0.15) is 18.4 Å². The molecule has 1 heterocycles. The number of alkyl halides is 3. The van der Waals surface area contributed by atoms with Gasteiger partial charge in [0.15, 0.2) is 0 Å². The molecule has 1 aliphatic heterocycles. The predicted molar refractivity (Wildman–Crippen MR) is 60.3 cm³/mol. The van der Waals surface area contributed by atoms with Crippen LogP contribution in [0, 0.1) is 0 Å². The Morgan fingerprint density at radius 2 is 2.17 bits per heavy atom. The summed E-state index contributed by atoms with van der Waals surface area (Å²) in [5.41, 5.74) is 4.58. The normalized spacial score (nSPS) is 20.1. The zero-order chi connectivity index (χ0) is 13.2. The van der Waals surface area contributed by atoms with Crippen LogP contribution < -0.4 is 10.5 Å². The molecule has 6 heteroatoms. The van der Waals surface area contributed by atoms with Gasteiger partial charge in [-0.3, -0.25) is 0 Å². The Balaban J connectivity index is 2.11. The molecule has 1 saturated heterocycles. The van der Waals surface area contributed by atoms with Gasteiger partial charge in [0.1, 0.15) is 12.4 Å². The Morgan fingerprint density at radius 3 is 2.78 bits per heavy atom. The van der Waals surface area contributed by atoms with Gasteiger partial charge in [-0.15, -0.1) is 0 Å². The zero-order valence-corrected chi connectivity index (χ0v) is 9.67. The first-order chi connectivity index (χ1) is 8.47. The van der Waals surface area contributed by atoms with Crippen molar-refractivity contribution in [1.82, 2.24) is 0 Å². The second kappa shape index (κ2) is 5.06. The van der Waals surface area contributed by atoms with Crippen LogP contribution in [0.4, 0.5) is 18.9 Å². The van der Waals surface area contributed by atoms with E-state index < -0.39 is 11.7 Å². The van der Waals surface area contributed by atoms with Crippen LogP contribution in [0.3, 0.4) is 0 Å². The molecule has 0 aliphatic carbocycles. The van der Waals surface area contributed by atoms with Crippen LogP contribution >= 0.6 is 0 Å². The van der Waals surface area contributed by atoms with E-state index in [2.05, 4.69) is 0 Å². The third-order valence-electron chi connectivity index (χ3n) is 2.76. The zero-order valence-electron chi connectivity index (χ0n) is 9.67. The second-order valence-corrected chi connectivity index (χ2v) is 4.20. The maximum absolute atomic E-state index is 12.8. The summed E-state index contributed by atoms with van der Waals surface area (Å²) < 4.78 is 48.8. The summed E-state index contributed by atoms with van der Waals surface area (Å²) in [5.74, 6) is -0.202. The van der Waals surface area contributed by atoms with E-state index in [9.17, 15) is 13.2 Å². The first-order valence-electron chi connectivity index (χ1n) is 5.68. The summed E-state index contributed by atoms with van der Waals surface area (Å²) in [7, 11) is 0. The van der Waals surface area contributed by atoms with Crippen LogP contribution in [0.2, 0.25) is 0 Å². The minimum atomic E-state index is -4.47. The molecule has 0 unspecified atom stereocenters. The van der Waals surface area contributed by atoms with Gasteiger partial charge in [0.2, 0.25) is 0 Å². The molecule has 1 aromatic rings. The lowest BCUT2D eigenvalue weighted by Gasteiger charge is -2.16. The summed E-state index contributed by atoms with van der Waals surface area (Å²) in [6.45, 7) is 0.773. The Morgan fingerprint density at radius 1 is 1.39 bits per heavy atom. The molecule has 3 nitrogen and oxygen atoms in total. The fourth-order valence-electron chi connectivity index (χ4n) is 1.85. The van der Waals surface area contributed by atoms with E-state index in [1.54, 1.807) is 0 Å². The van der Waals surface area contributed by atoms with E-state index in [1.807, 2.05) is 0 Å². The predicted octanol–water partition coefficient (Wildman–Crippen LogP) is 2.85. The van der Waals surface area contributed by atoms with Gasteiger partial charge < -0.3 is 15.2 Å². The molecule has 100 valence electrons. The molecule has 2 N–H and O–H groups in total. The molecule has 1 aliphatic rings. The molecular formula is C12H14F3NO2. The highest BCUT2D eigenvalue weighted by atomic mass is 19.4. The molecule has 1 aromatic carbocycles. The number of halogens is 3. The number of anilines is 1. The lowest BCUT2D eigenvalue weighted by atomic mass is 10.1. The molecular weight excluding hydrogens is 247 g/mol. The van der Waals surface area contributed by atoms with Gasteiger partial charge >= 0.3 is 6.18 Å². The minimum absolute atomic E-state index is 0.0618. The molecule has 1 fully saturated rings. The average Bonchev–Trinajstić information content (AvgIpc) is 2.79. The maximum atomic E-state index is 12.8. The van der Waals surface area contributed by atoms with Crippen molar-refractivity contribution >= 4 is 5.69 Å². The van der Waals surface area contributed by atoms with E-state index >= 15 is 0 Å². The van der Waals surface area contributed by atoms with Crippen molar-refractivity contribution in [3.63, 3.8) is 0 Å². The van der Waals surface area contributed by atoms with Crippen LogP contribution in [-0.4, -0.2) is 19.3 Å². The average molecular weight is 261 g/mol. The van der Waals surface area contributed by atoms with E-state index in [1.165, 1.54) is 12.1 Å². The number of rotatable bonds is 3. The number of nitrogen functional groups attached to an aromatic ring is 1. The third-order valence-corrected chi connectivity index (χ3v) is 2.76. The van der Waals surface area contributed by atoms with E-state index in [0.717, 1.165) is 18.9 Å². The largest absolute Gasteiger partial charge is 0.490 e. The van der Waals surface area contributed by atoms with Gasteiger partial charge in [-0.2, -0.15) is 13.2 Å². The highest BCUT2D eigenvalue weighted by molar-refractivity contribution is 5.49. The quantitative estimate of drug-likeness (QED) is 0.851. The van der Waals surface area contributed by atoms with Gasteiger partial charge in [-0.05, 0) is 31.0 Å². The smallest absolute Gasteiger partial charge is 0.420 e. The van der Waals surface area contributed by atoms with Crippen molar-refractivity contribution in [2.75, 3.05) is 18.9 Å². The maximum Gasteiger partial charge on any atom is 0.420 e. The van der Waals surface area contributed by atoms with Crippen molar-refractivity contribution in [3.05, 3.63) is 23.8 Å². The van der Waals surface area contributed by atoms with Crippen molar-refractivity contribution in [3.8, 4) is 5.75 Å². The summed E-state index contributed by atoms with van der Waals surface area (Å²) in [5, 5.41) is 0. The number of nitrogens with two attached hydrogens (primary N) is 1. The first kappa shape index (κ1) is 13.0. The number of ether oxygens (including phenoxy) is 2. The Bertz CT molecular complexity index is 414. The van der Waals surface area contributed by atoms with Crippen LogP contribution in [0.15, 0.2) is 18.2 Å². The molecule has 0 bridgehead atoms. The van der Waals surface area contributed by atoms with E-state index in [-0.39, 0.29) is 24.1 Å². The Labute approximate surface area is 103 Å². The SMILES string of the molecule is Nc1ccc(OC[C@@H]2CCCO2)c(C(F)(F)F)c1. The monoisotopic (exact) mass is 261 g/mol. The molecule has 0 saturated carbocycles. The lowest BCUT2D eigenvalue weighted by molar-refractivity contribution is -0.139. The lowest BCUT2D eigenvalue weighted by Crippen LogP contribution is -2.18. The number of hydrogen-bond donors (Lipinski definition) is 1. The number of benzene rings is 1. The first-order valence-corrected chi connectivity index (χ1v) is 5.68. The number of hydrogen-bond acceptors (Lipinski definition) is 3. The highest BCUT2D eigenvalue weighted by Gasteiger charge is 2.34. The topological polar surface area (TPSA) is 44.5 Å². The summed E-state index contributed by atoms with van der Waals surface area (Å²) >= 11 is 0. The molecule has 1 atom stereocenters. The molecule has 0 spiro atoms. The fraction of sp³-hybridized carbons (Fsp3) is 0.500. The highest BCUT2D eigenvalue weighted by Crippen LogP contribution is 2.37. The molecule has 18 heavy (non-hydrogen) atoms. The van der Waals surface area contributed by atoms with Gasteiger partial charge in [-0.25, -0.2) is 0 Å². The third kappa shape index (κ3) is 3.07. The fourth-order valence-corrected chi connectivity index (χ4v) is 1.85. The second-order valence-electron chi connectivity index (χ2n) is 4.20. The Hall–Kier alpha value is -1.43. The summed E-state index contributed by atoms with van der Waals surface area (Å²) in [6.07, 6.45) is -2.86. The minimum Gasteiger partial charge on any atom is -0.490 e. The molecule has 0 amide bonds. The van der Waals surface area contributed by atoms with Crippen molar-refractivity contribution in [1.29, 1.82) is 0 Å². The molecule has 0 aromatic heterocycles. The Kier molecular flexibility index (Phi) is 3.65. The summed E-state index contributed by atoms with van der Waals surface area (Å²) in [4.78, 5) is 0. The van der Waals surface area contributed by atoms with E-state index in [0.29, 0.717) is 6.61 Å². The standard InChI is InChI=1S/C12H14F3NO2/c13-12(14,15)10-6-8(16)3-4-11(10)18-7-9-2-1-5-17-9/h3-4,6,9H,1-2,5,7,16H2/t9-/m0/s1. The molecule has 0 radical (unpaired) electrons. The van der Waals surface area contributed by atoms with Gasteiger partial charge in [0, 0.05) is 12.3 Å². The summed E-state index contributed by atoms with van der Waals surface area (Å²) in [6, 6.07) is 3.51. The van der Waals surface area contributed by atoms with E-state index in [4.69, 9.17) is 15.2 Å². The van der Waals surface area contributed by atoms with Crippen LogP contribution in [0.25, 0.3) is 0 Å². The van der Waals surface area contributed by atoms with Crippen molar-refractivity contribution < 1.29 is 22.6 Å². The van der Waals surface area contributed by atoms with Crippen molar-refractivity contribution in [2.45, 2.75) is 25.1 Å². The van der Waals surface area contributed by atoms with Crippen LogP contribution in [0.5, 0.6) is 5.75 Å². The van der Waals surface area contributed by atoms with Gasteiger partial charge in [-0.1, -0.05) is 0 Å². The van der Waals surface area contributed by atoms with Gasteiger partial charge in [0.25, 0.3) is 0 Å². The van der Waals surface area contributed by atoms with Crippen molar-refractivity contribution in [2.24, 2.45) is 0 Å².